The highest BCUT2D eigenvalue weighted by Gasteiger charge is 2.17. The third kappa shape index (κ3) is 3.26. The van der Waals surface area contributed by atoms with Gasteiger partial charge in [0.25, 0.3) is 10.0 Å². The Morgan fingerprint density at radius 2 is 2.00 bits per heavy atom. The first-order chi connectivity index (χ1) is 9.42. The Kier molecular flexibility index (Phi) is 4.25. The van der Waals surface area contributed by atoms with Gasteiger partial charge in [0, 0.05) is 16.1 Å². The summed E-state index contributed by atoms with van der Waals surface area (Å²) in [5.74, 6) is -0.101. The van der Waals surface area contributed by atoms with Crippen molar-refractivity contribution in [2.75, 3.05) is 4.72 Å². The molecule has 20 heavy (non-hydrogen) atoms. The molecule has 1 aromatic heterocycles. The van der Waals surface area contributed by atoms with Crippen LogP contribution in [0.3, 0.4) is 0 Å². The molecule has 0 saturated carbocycles. The monoisotopic (exact) mass is 309 g/mol. The second kappa shape index (κ2) is 5.76. The highest BCUT2D eigenvalue weighted by molar-refractivity contribution is 7.94. The Morgan fingerprint density at radius 1 is 1.25 bits per heavy atom. The molecule has 4 nitrogen and oxygen atoms in total. The second-order valence-corrected chi connectivity index (χ2v) is 7.39. The first-order valence-electron chi connectivity index (χ1n) is 6.15. The van der Waals surface area contributed by atoms with Crippen molar-refractivity contribution < 1.29 is 13.2 Å². The second-order valence-electron chi connectivity index (χ2n) is 4.32. The molecule has 1 heterocycles. The summed E-state index contributed by atoms with van der Waals surface area (Å²) in [5, 5.41) is 0. The summed E-state index contributed by atoms with van der Waals surface area (Å²) in [6.07, 6.45) is 0.806. The minimum Gasteiger partial charge on any atom is -0.295 e. The van der Waals surface area contributed by atoms with Gasteiger partial charge < -0.3 is 0 Å². The fraction of sp³-hybridized carbons (Fsp3) is 0.214. The number of carbonyl (C=O) groups excluding carboxylic acids is 1. The van der Waals surface area contributed by atoms with Crippen molar-refractivity contribution in [3.8, 4) is 0 Å². The SMILES string of the molecule is CCc1ccc(S(=O)(=O)Nc2cccc(C(C)=O)c2)s1. The van der Waals surface area contributed by atoms with Crippen molar-refractivity contribution in [2.24, 2.45) is 0 Å². The molecule has 0 aliphatic rings. The van der Waals surface area contributed by atoms with Crippen molar-refractivity contribution >= 4 is 32.8 Å². The zero-order chi connectivity index (χ0) is 14.8. The summed E-state index contributed by atoms with van der Waals surface area (Å²) in [6.45, 7) is 3.42. The number of ketones is 1. The maximum atomic E-state index is 12.2. The van der Waals surface area contributed by atoms with Gasteiger partial charge >= 0.3 is 0 Å². The van der Waals surface area contributed by atoms with Crippen molar-refractivity contribution in [3.05, 3.63) is 46.8 Å². The number of rotatable bonds is 5. The lowest BCUT2D eigenvalue weighted by Crippen LogP contribution is -2.11. The van der Waals surface area contributed by atoms with Crippen LogP contribution in [0.15, 0.2) is 40.6 Å². The number of carbonyl (C=O) groups is 1. The zero-order valence-electron chi connectivity index (χ0n) is 11.2. The van der Waals surface area contributed by atoms with E-state index in [4.69, 9.17) is 0 Å². The molecular weight excluding hydrogens is 294 g/mol. The first-order valence-corrected chi connectivity index (χ1v) is 8.45. The average molecular weight is 309 g/mol. The lowest BCUT2D eigenvalue weighted by Gasteiger charge is -2.07. The third-order valence-electron chi connectivity index (χ3n) is 2.77. The molecule has 0 amide bonds. The number of Topliss-reactive ketones (excluding diaryl/α,β-unsaturated/α-hetero) is 1. The number of hydrogen-bond donors (Lipinski definition) is 1. The molecule has 1 aromatic carbocycles. The van der Waals surface area contributed by atoms with Gasteiger partial charge in [0.1, 0.15) is 4.21 Å². The molecule has 106 valence electrons. The number of anilines is 1. The summed E-state index contributed by atoms with van der Waals surface area (Å²) >= 11 is 1.25. The Morgan fingerprint density at radius 3 is 2.60 bits per heavy atom. The Bertz CT molecular complexity index is 732. The van der Waals surface area contributed by atoms with E-state index in [1.807, 2.05) is 13.0 Å². The molecule has 0 unspecified atom stereocenters. The summed E-state index contributed by atoms with van der Waals surface area (Å²) < 4.78 is 27.2. The topological polar surface area (TPSA) is 63.2 Å². The molecule has 0 aliphatic carbocycles. The first kappa shape index (κ1) is 14.7. The van der Waals surface area contributed by atoms with Crippen LogP contribution in [0, 0.1) is 0 Å². The molecule has 0 aliphatic heterocycles. The van der Waals surface area contributed by atoms with Crippen LogP contribution in [0.1, 0.15) is 29.1 Å². The van der Waals surface area contributed by atoms with Crippen LogP contribution >= 0.6 is 11.3 Å². The van der Waals surface area contributed by atoms with Crippen LogP contribution in [0.25, 0.3) is 0 Å². The van der Waals surface area contributed by atoms with E-state index in [2.05, 4.69) is 4.72 Å². The van der Waals surface area contributed by atoms with Gasteiger partial charge in [-0.25, -0.2) is 8.42 Å². The number of thiophene rings is 1. The van der Waals surface area contributed by atoms with E-state index >= 15 is 0 Å². The lowest BCUT2D eigenvalue weighted by molar-refractivity contribution is 0.101. The molecule has 1 N–H and O–H groups in total. The Balaban J connectivity index is 2.28. The highest BCUT2D eigenvalue weighted by atomic mass is 32.2. The van der Waals surface area contributed by atoms with Gasteiger partial charge in [0.15, 0.2) is 5.78 Å². The largest absolute Gasteiger partial charge is 0.295 e. The summed E-state index contributed by atoms with van der Waals surface area (Å²) in [4.78, 5) is 12.3. The third-order valence-corrected chi connectivity index (χ3v) is 5.87. The summed E-state index contributed by atoms with van der Waals surface area (Å²) in [7, 11) is -3.59. The van der Waals surface area contributed by atoms with E-state index in [1.165, 1.54) is 24.3 Å². The minimum atomic E-state index is -3.59. The van der Waals surface area contributed by atoms with Gasteiger partial charge in [-0.1, -0.05) is 19.1 Å². The van der Waals surface area contributed by atoms with Crippen LogP contribution in [-0.2, 0) is 16.4 Å². The normalized spacial score (nSPS) is 11.3. The quantitative estimate of drug-likeness (QED) is 0.862. The van der Waals surface area contributed by atoms with Crippen LogP contribution in [0.2, 0.25) is 0 Å². The minimum absolute atomic E-state index is 0.101. The standard InChI is InChI=1S/C14H15NO3S2/c1-3-13-7-8-14(19-13)20(17,18)15-12-6-4-5-11(9-12)10(2)16/h4-9,15H,3H2,1-2H3. The van der Waals surface area contributed by atoms with Gasteiger partial charge in [-0.15, -0.1) is 11.3 Å². The molecule has 2 aromatic rings. The number of benzene rings is 1. The summed E-state index contributed by atoms with van der Waals surface area (Å²) in [5.41, 5.74) is 0.870. The maximum absolute atomic E-state index is 12.2. The van der Waals surface area contributed by atoms with Gasteiger partial charge in [-0.2, -0.15) is 0 Å². The maximum Gasteiger partial charge on any atom is 0.271 e. The van der Waals surface area contributed by atoms with E-state index in [-0.39, 0.29) is 9.99 Å². The molecule has 6 heteroatoms. The molecule has 2 rings (SSSR count). The van der Waals surface area contributed by atoms with E-state index < -0.39 is 10.0 Å². The molecule has 0 atom stereocenters. The van der Waals surface area contributed by atoms with E-state index in [9.17, 15) is 13.2 Å². The molecule has 0 fully saturated rings. The van der Waals surface area contributed by atoms with E-state index in [0.717, 1.165) is 11.3 Å². The molecule has 0 saturated heterocycles. The smallest absolute Gasteiger partial charge is 0.271 e. The molecular formula is C14H15NO3S2. The number of aryl methyl sites for hydroxylation is 1. The summed E-state index contributed by atoms with van der Waals surface area (Å²) in [6, 6.07) is 9.87. The number of sulfonamides is 1. The Hall–Kier alpha value is -1.66. The van der Waals surface area contributed by atoms with E-state index in [0.29, 0.717) is 11.3 Å². The van der Waals surface area contributed by atoms with Crippen molar-refractivity contribution in [3.63, 3.8) is 0 Å². The van der Waals surface area contributed by atoms with Crippen molar-refractivity contribution in [2.45, 2.75) is 24.5 Å². The Labute approximate surface area is 122 Å². The molecule has 0 bridgehead atoms. The predicted octanol–water partition coefficient (Wildman–Crippen LogP) is 3.31. The number of hydrogen-bond acceptors (Lipinski definition) is 4. The predicted molar refractivity (Wildman–Crippen MR) is 81.0 cm³/mol. The fourth-order valence-corrected chi connectivity index (χ4v) is 4.04. The molecule has 0 radical (unpaired) electrons. The molecule has 0 spiro atoms. The van der Waals surface area contributed by atoms with Gasteiger partial charge in [0.05, 0.1) is 0 Å². The van der Waals surface area contributed by atoms with Crippen LogP contribution in [0.5, 0.6) is 0 Å². The average Bonchev–Trinajstić information content (AvgIpc) is 2.88. The van der Waals surface area contributed by atoms with Crippen LogP contribution < -0.4 is 4.72 Å². The fourth-order valence-electron chi connectivity index (χ4n) is 1.70. The van der Waals surface area contributed by atoms with Crippen molar-refractivity contribution in [1.29, 1.82) is 0 Å². The van der Waals surface area contributed by atoms with Gasteiger partial charge in [-0.3, -0.25) is 9.52 Å². The van der Waals surface area contributed by atoms with Crippen molar-refractivity contribution in [1.82, 2.24) is 0 Å². The van der Waals surface area contributed by atoms with Gasteiger partial charge in [0.2, 0.25) is 0 Å². The van der Waals surface area contributed by atoms with E-state index in [1.54, 1.807) is 24.3 Å². The number of nitrogens with one attached hydrogen (secondary N) is 1. The highest BCUT2D eigenvalue weighted by Crippen LogP contribution is 2.24. The zero-order valence-corrected chi connectivity index (χ0v) is 12.8. The van der Waals surface area contributed by atoms with Crippen LogP contribution in [0.4, 0.5) is 5.69 Å². The van der Waals surface area contributed by atoms with Gasteiger partial charge in [-0.05, 0) is 37.6 Å². The van der Waals surface area contributed by atoms with Crippen LogP contribution in [-0.4, -0.2) is 14.2 Å². The lowest BCUT2D eigenvalue weighted by atomic mass is 10.1.